The van der Waals surface area contributed by atoms with Crippen LogP contribution in [0.15, 0.2) is 0 Å². The Balaban J connectivity index is 2.22. The highest BCUT2D eigenvalue weighted by Crippen LogP contribution is 2.36. The van der Waals surface area contributed by atoms with Gasteiger partial charge in [0.2, 0.25) is 0 Å². The van der Waals surface area contributed by atoms with Gasteiger partial charge in [0.25, 0.3) is 0 Å². The summed E-state index contributed by atoms with van der Waals surface area (Å²) in [4.78, 5) is 13.8. The van der Waals surface area contributed by atoms with E-state index in [9.17, 15) is 9.90 Å². The zero-order valence-electron chi connectivity index (χ0n) is 9.49. The Morgan fingerprint density at radius 1 is 1.47 bits per heavy atom. The van der Waals surface area contributed by atoms with Crippen molar-refractivity contribution in [3.8, 4) is 0 Å². The van der Waals surface area contributed by atoms with Crippen LogP contribution < -0.4 is 5.32 Å². The van der Waals surface area contributed by atoms with E-state index < -0.39 is 11.5 Å². The summed E-state index contributed by atoms with van der Waals surface area (Å²) in [6.07, 6.45) is 2.04. The number of rotatable bonds is 3. The van der Waals surface area contributed by atoms with Crippen LogP contribution in [0, 0.1) is 5.92 Å². The van der Waals surface area contributed by atoms with Crippen LogP contribution in [0.25, 0.3) is 0 Å². The molecule has 2 N–H and O–H groups in total. The lowest BCUT2D eigenvalue weighted by molar-refractivity contribution is -0.154. The molecule has 3 fully saturated rings. The van der Waals surface area contributed by atoms with Crippen molar-refractivity contribution in [2.24, 2.45) is 5.92 Å². The zero-order chi connectivity index (χ0) is 11.1. The first-order valence-electron chi connectivity index (χ1n) is 5.78. The monoisotopic (exact) mass is 212 g/mol. The number of fused-ring (bicyclic) bond motifs is 3. The third-order valence-corrected chi connectivity index (χ3v) is 3.69. The average Bonchev–Trinajstić information content (AvgIpc) is 2.18. The maximum absolute atomic E-state index is 11.5. The van der Waals surface area contributed by atoms with Crippen LogP contribution >= 0.6 is 0 Å². The molecule has 0 radical (unpaired) electrons. The predicted octanol–water partition coefficient (Wildman–Crippen LogP) is 0.533. The zero-order valence-corrected chi connectivity index (χ0v) is 9.49. The number of hydrogen-bond acceptors (Lipinski definition) is 3. The van der Waals surface area contributed by atoms with Gasteiger partial charge >= 0.3 is 5.97 Å². The molecule has 4 heteroatoms. The van der Waals surface area contributed by atoms with E-state index >= 15 is 0 Å². The second-order valence-corrected chi connectivity index (χ2v) is 5.13. The second kappa shape index (κ2) is 3.76. The van der Waals surface area contributed by atoms with Crippen LogP contribution in [0.1, 0.15) is 26.7 Å². The Morgan fingerprint density at radius 3 is 2.40 bits per heavy atom. The Kier molecular flexibility index (Phi) is 2.73. The van der Waals surface area contributed by atoms with E-state index in [1.165, 1.54) is 0 Å². The van der Waals surface area contributed by atoms with Crippen LogP contribution in [0.4, 0.5) is 0 Å². The molecular weight excluding hydrogens is 192 g/mol. The van der Waals surface area contributed by atoms with Crippen LogP contribution in [-0.2, 0) is 4.79 Å². The fourth-order valence-electron chi connectivity index (χ4n) is 3.05. The van der Waals surface area contributed by atoms with Crippen LogP contribution in [0.2, 0.25) is 0 Å². The van der Waals surface area contributed by atoms with E-state index in [0.29, 0.717) is 12.5 Å². The lowest BCUT2D eigenvalue weighted by Crippen LogP contribution is -2.70. The molecule has 3 aliphatic heterocycles. The summed E-state index contributed by atoms with van der Waals surface area (Å²) in [5.74, 6) is -0.368. The molecule has 3 rings (SSSR count). The molecule has 3 saturated heterocycles. The summed E-state index contributed by atoms with van der Waals surface area (Å²) < 4.78 is 0. The van der Waals surface area contributed by atoms with Gasteiger partial charge in [0.1, 0.15) is 5.54 Å². The molecule has 0 spiro atoms. The van der Waals surface area contributed by atoms with E-state index in [1.54, 1.807) is 0 Å². The van der Waals surface area contributed by atoms with Crippen molar-refractivity contribution in [1.29, 1.82) is 0 Å². The number of nitrogens with zero attached hydrogens (tertiary/aromatic N) is 1. The molecule has 0 saturated carbocycles. The Bertz CT molecular complexity index is 255. The van der Waals surface area contributed by atoms with Gasteiger partial charge in [-0.3, -0.25) is 10.1 Å². The molecule has 3 aliphatic rings. The third-order valence-electron chi connectivity index (χ3n) is 3.69. The summed E-state index contributed by atoms with van der Waals surface area (Å²) in [6.45, 7) is 6.84. The highest BCUT2D eigenvalue weighted by atomic mass is 16.4. The minimum absolute atomic E-state index is 0.224. The fraction of sp³-hybridized carbons (Fsp3) is 0.909. The van der Waals surface area contributed by atoms with Crippen molar-refractivity contribution < 1.29 is 9.90 Å². The highest BCUT2D eigenvalue weighted by molar-refractivity contribution is 5.80. The summed E-state index contributed by atoms with van der Waals surface area (Å²) in [5.41, 5.74) is -0.690. The van der Waals surface area contributed by atoms with E-state index in [0.717, 1.165) is 25.9 Å². The van der Waals surface area contributed by atoms with E-state index in [2.05, 4.69) is 10.2 Å². The predicted molar refractivity (Wildman–Crippen MR) is 57.8 cm³/mol. The van der Waals surface area contributed by atoms with Crippen molar-refractivity contribution in [1.82, 2.24) is 10.2 Å². The molecule has 0 aromatic heterocycles. The Labute approximate surface area is 90.6 Å². The van der Waals surface area contributed by atoms with Crippen molar-refractivity contribution in [2.75, 3.05) is 19.6 Å². The van der Waals surface area contributed by atoms with Gasteiger partial charge in [-0.2, -0.15) is 0 Å². The number of aliphatic carboxylic acids is 1. The number of nitrogens with one attached hydrogen (secondary N) is 1. The van der Waals surface area contributed by atoms with Crippen molar-refractivity contribution in [3.63, 3.8) is 0 Å². The molecule has 1 unspecified atom stereocenters. The molecule has 1 atom stereocenters. The van der Waals surface area contributed by atoms with E-state index in [4.69, 9.17) is 0 Å². The van der Waals surface area contributed by atoms with Gasteiger partial charge in [-0.05, 0) is 45.7 Å². The van der Waals surface area contributed by atoms with Gasteiger partial charge in [-0.1, -0.05) is 0 Å². The molecule has 2 bridgehead atoms. The first-order chi connectivity index (χ1) is 7.04. The van der Waals surface area contributed by atoms with E-state index in [-0.39, 0.29) is 6.04 Å². The van der Waals surface area contributed by atoms with Gasteiger partial charge < -0.3 is 10.0 Å². The van der Waals surface area contributed by atoms with E-state index in [1.807, 2.05) is 13.8 Å². The highest BCUT2D eigenvalue weighted by Gasteiger charge is 2.52. The maximum Gasteiger partial charge on any atom is 0.325 e. The molecule has 0 amide bonds. The number of carboxylic acids is 1. The molecule has 86 valence electrons. The number of carboxylic acid groups (broad SMARTS) is 1. The summed E-state index contributed by atoms with van der Waals surface area (Å²) in [6, 6.07) is 0.224. The minimum Gasteiger partial charge on any atom is -0.480 e. The summed E-state index contributed by atoms with van der Waals surface area (Å²) >= 11 is 0. The van der Waals surface area contributed by atoms with Gasteiger partial charge in [-0.25, -0.2) is 0 Å². The SMILES string of the molecule is CC(C)NC1(C(=O)O)CN2CCC1CC2. The first kappa shape index (κ1) is 10.9. The molecule has 3 heterocycles. The van der Waals surface area contributed by atoms with Crippen molar-refractivity contribution in [2.45, 2.75) is 38.3 Å². The summed E-state index contributed by atoms with van der Waals surface area (Å²) in [7, 11) is 0. The molecule has 4 nitrogen and oxygen atoms in total. The lowest BCUT2D eigenvalue weighted by Gasteiger charge is -2.51. The molecular formula is C11H20N2O2. The Hall–Kier alpha value is -0.610. The largest absolute Gasteiger partial charge is 0.480 e. The van der Waals surface area contributed by atoms with Crippen molar-refractivity contribution >= 4 is 5.97 Å². The number of piperidine rings is 3. The third kappa shape index (κ3) is 1.76. The van der Waals surface area contributed by atoms with Crippen LogP contribution in [-0.4, -0.2) is 47.2 Å². The number of carbonyl (C=O) groups is 1. The minimum atomic E-state index is -0.690. The van der Waals surface area contributed by atoms with Gasteiger partial charge in [0.15, 0.2) is 0 Å². The van der Waals surface area contributed by atoms with Gasteiger partial charge in [-0.15, -0.1) is 0 Å². The Morgan fingerprint density at radius 2 is 2.07 bits per heavy atom. The smallest absolute Gasteiger partial charge is 0.325 e. The lowest BCUT2D eigenvalue weighted by atomic mass is 9.72. The molecule has 0 aromatic carbocycles. The van der Waals surface area contributed by atoms with Gasteiger partial charge in [0.05, 0.1) is 0 Å². The second-order valence-electron chi connectivity index (χ2n) is 5.13. The standard InChI is InChI=1S/C11H20N2O2/c1-8(2)12-11(10(14)15)7-13-5-3-9(11)4-6-13/h8-9,12H,3-7H2,1-2H3,(H,14,15). The maximum atomic E-state index is 11.5. The topological polar surface area (TPSA) is 52.6 Å². The summed E-state index contributed by atoms with van der Waals surface area (Å²) in [5, 5.41) is 12.8. The molecule has 0 aliphatic carbocycles. The quantitative estimate of drug-likeness (QED) is 0.716. The van der Waals surface area contributed by atoms with Crippen LogP contribution in [0.5, 0.6) is 0 Å². The van der Waals surface area contributed by atoms with Gasteiger partial charge in [0, 0.05) is 12.6 Å². The van der Waals surface area contributed by atoms with Crippen LogP contribution in [0.3, 0.4) is 0 Å². The molecule has 15 heavy (non-hydrogen) atoms. The average molecular weight is 212 g/mol. The number of hydrogen-bond donors (Lipinski definition) is 2. The normalized spacial score (nSPS) is 39.7. The van der Waals surface area contributed by atoms with Crippen molar-refractivity contribution in [3.05, 3.63) is 0 Å². The molecule has 0 aromatic rings. The first-order valence-corrected chi connectivity index (χ1v) is 5.78. The fourth-order valence-corrected chi connectivity index (χ4v) is 3.05.